The second-order valence-corrected chi connectivity index (χ2v) is 7.62. The van der Waals surface area contributed by atoms with Gasteiger partial charge in [0.05, 0.1) is 17.6 Å². The van der Waals surface area contributed by atoms with Gasteiger partial charge in [0.15, 0.2) is 11.5 Å². The maximum atomic E-state index is 12.9. The first-order chi connectivity index (χ1) is 15.2. The summed E-state index contributed by atoms with van der Waals surface area (Å²) in [5.41, 5.74) is 2.34. The fourth-order valence-corrected chi connectivity index (χ4v) is 4.01. The zero-order valence-corrected chi connectivity index (χ0v) is 17.0. The van der Waals surface area contributed by atoms with E-state index in [-0.39, 0.29) is 24.8 Å². The molecule has 3 heterocycles. The quantitative estimate of drug-likeness (QED) is 0.519. The number of nitrogens with zero attached hydrogens (tertiary/aromatic N) is 3. The summed E-state index contributed by atoms with van der Waals surface area (Å²) in [6.45, 7) is -0.0195. The van der Waals surface area contributed by atoms with Crippen molar-refractivity contribution in [1.82, 2.24) is 14.5 Å². The molecule has 5 rings (SSSR count). The van der Waals surface area contributed by atoms with Gasteiger partial charge in [-0.25, -0.2) is 9.97 Å². The number of carbonyl (C=O) groups excluding carboxylic acids is 1. The largest absolute Gasteiger partial charge is 0.454 e. The summed E-state index contributed by atoms with van der Waals surface area (Å²) < 4.78 is 11.8. The lowest BCUT2D eigenvalue weighted by Gasteiger charge is -2.08. The van der Waals surface area contributed by atoms with E-state index in [4.69, 9.17) is 9.47 Å². The van der Waals surface area contributed by atoms with Crippen LogP contribution in [-0.2, 0) is 11.3 Å². The van der Waals surface area contributed by atoms with Crippen molar-refractivity contribution >= 4 is 22.9 Å². The van der Waals surface area contributed by atoms with E-state index in [0.29, 0.717) is 27.8 Å². The van der Waals surface area contributed by atoms with Gasteiger partial charge in [0.25, 0.3) is 5.56 Å². The third-order valence-corrected chi connectivity index (χ3v) is 5.55. The van der Waals surface area contributed by atoms with Crippen LogP contribution in [0.5, 0.6) is 11.5 Å². The van der Waals surface area contributed by atoms with Crippen molar-refractivity contribution in [2.75, 3.05) is 12.1 Å². The number of aromatic nitrogens is 3. The van der Waals surface area contributed by atoms with Crippen LogP contribution in [0.3, 0.4) is 0 Å². The van der Waals surface area contributed by atoms with E-state index in [0.717, 1.165) is 11.3 Å². The third kappa shape index (κ3) is 3.90. The molecule has 0 radical (unpaired) electrons. The number of anilines is 1. The molecular weight excluding hydrogens is 416 g/mol. The van der Waals surface area contributed by atoms with Gasteiger partial charge in [0.1, 0.15) is 11.6 Å². The number of fused-ring (bicyclic) bond motifs is 1. The SMILES string of the molecule is O=C(Cn1cncc(-c2nc(-c3ccccc3)cs2)c1=O)Nc1ccc2c(c1)OCO2. The number of nitrogens with one attached hydrogen (secondary N) is 1. The molecule has 154 valence electrons. The van der Waals surface area contributed by atoms with E-state index in [9.17, 15) is 9.59 Å². The lowest BCUT2D eigenvalue weighted by Crippen LogP contribution is -2.28. The Morgan fingerprint density at radius 1 is 1.13 bits per heavy atom. The van der Waals surface area contributed by atoms with Crippen LogP contribution < -0.4 is 20.3 Å². The Balaban J connectivity index is 1.34. The zero-order valence-electron chi connectivity index (χ0n) is 16.1. The molecule has 1 amide bonds. The van der Waals surface area contributed by atoms with E-state index in [1.165, 1.54) is 28.4 Å². The van der Waals surface area contributed by atoms with Gasteiger partial charge in [-0.05, 0) is 12.1 Å². The van der Waals surface area contributed by atoms with Gasteiger partial charge < -0.3 is 14.8 Å². The molecule has 8 nitrogen and oxygen atoms in total. The highest BCUT2D eigenvalue weighted by Crippen LogP contribution is 2.34. The second-order valence-electron chi connectivity index (χ2n) is 6.76. The number of thiazole rings is 1. The first kappa shape index (κ1) is 19.0. The molecule has 2 aromatic carbocycles. The zero-order chi connectivity index (χ0) is 21.2. The Labute approximate surface area is 180 Å². The van der Waals surface area contributed by atoms with Crippen molar-refractivity contribution in [3.8, 4) is 33.3 Å². The summed E-state index contributed by atoms with van der Waals surface area (Å²) in [5.74, 6) is 0.838. The van der Waals surface area contributed by atoms with Gasteiger partial charge in [0, 0.05) is 28.9 Å². The monoisotopic (exact) mass is 432 g/mol. The van der Waals surface area contributed by atoms with Crippen molar-refractivity contribution in [1.29, 1.82) is 0 Å². The summed E-state index contributed by atoms with van der Waals surface area (Å²) in [6.07, 6.45) is 2.82. The predicted molar refractivity (Wildman–Crippen MR) is 116 cm³/mol. The lowest BCUT2D eigenvalue weighted by atomic mass is 10.2. The topological polar surface area (TPSA) is 95.3 Å². The average Bonchev–Trinajstić information content (AvgIpc) is 3.45. The van der Waals surface area contributed by atoms with Gasteiger partial charge in [-0.2, -0.15) is 0 Å². The number of benzene rings is 2. The first-order valence-electron chi connectivity index (χ1n) is 9.42. The molecule has 0 unspecified atom stereocenters. The molecule has 31 heavy (non-hydrogen) atoms. The average molecular weight is 432 g/mol. The summed E-state index contributed by atoms with van der Waals surface area (Å²) in [5, 5.41) is 5.21. The van der Waals surface area contributed by atoms with Crippen molar-refractivity contribution in [3.05, 3.63) is 76.8 Å². The van der Waals surface area contributed by atoms with Crippen molar-refractivity contribution in [2.45, 2.75) is 6.54 Å². The summed E-state index contributed by atoms with van der Waals surface area (Å²) in [6, 6.07) is 14.8. The third-order valence-electron chi connectivity index (χ3n) is 4.68. The Morgan fingerprint density at radius 3 is 2.84 bits per heavy atom. The Kier molecular flexibility index (Phi) is 4.93. The minimum atomic E-state index is -0.357. The summed E-state index contributed by atoms with van der Waals surface area (Å²) >= 11 is 1.36. The Bertz CT molecular complexity index is 1320. The van der Waals surface area contributed by atoms with Crippen LogP contribution in [0.2, 0.25) is 0 Å². The van der Waals surface area contributed by atoms with E-state index < -0.39 is 0 Å². The summed E-state index contributed by atoms with van der Waals surface area (Å²) in [7, 11) is 0. The van der Waals surface area contributed by atoms with Crippen LogP contribution >= 0.6 is 11.3 Å². The van der Waals surface area contributed by atoms with E-state index >= 15 is 0 Å². The molecular formula is C22H16N4O4S. The van der Waals surface area contributed by atoms with Gasteiger partial charge in [0.2, 0.25) is 12.7 Å². The van der Waals surface area contributed by atoms with Gasteiger partial charge in [-0.15, -0.1) is 11.3 Å². The lowest BCUT2D eigenvalue weighted by molar-refractivity contribution is -0.116. The molecule has 0 spiro atoms. The molecule has 2 aromatic heterocycles. The van der Waals surface area contributed by atoms with Crippen molar-refractivity contribution < 1.29 is 14.3 Å². The number of hydrogen-bond acceptors (Lipinski definition) is 7. The maximum absolute atomic E-state index is 12.9. The van der Waals surface area contributed by atoms with Crippen LogP contribution in [0, 0.1) is 0 Å². The van der Waals surface area contributed by atoms with Crippen LogP contribution in [0.4, 0.5) is 5.69 Å². The highest BCUT2D eigenvalue weighted by atomic mass is 32.1. The molecule has 4 aromatic rings. The van der Waals surface area contributed by atoms with Crippen molar-refractivity contribution in [3.63, 3.8) is 0 Å². The fraction of sp³-hybridized carbons (Fsp3) is 0.0909. The molecule has 9 heteroatoms. The van der Waals surface area contributed by atoms with Crippen molar-refractivity contribution in [2.24, 2.45) is 0 Å². The Morgan fingerprint density at radius 2 is 1.97 bits per heavy atom. The van der Waals surface area contributed by atoms with Gasteiger partial charge >= 0.3 is 0 Å². The molecule has 1 aliphatic rings. The smallest absolute Gasteiger partial charge is 0.264 e. The molecule has 1 aliphatic heterocycles. The molecule has 0 bridgehead atoms. The Hall–Kier alpha value is -3.98. The van der Waals surface area contributed by atoms with Gasteiger partial charge in [-0.1, -0.05) is 30.3 Å². The highest BCUT2D eigenvalue weighted by Gasteiger charge is 2.16. The van der Waals surface area contributed by atoms with Crippen LogP contribution in [-0.4, -0.2) is 27.2 Å². The minimum Gasteiger partial charge on any atom is -0.454 e. The fourth-order valence-electron chi connectivity index (χ4n) is 3.18. The van der Waals surface area contributed by atoms with E-state index in [2.05, 4.69) is 15.3 Å². The molecule has 0 fully saturated rings. The van der Waals surface area contributed by atoms with Gasteiger partial charge in [-0.3, -0.25) is 14.2 Å². The predicted octanol–water partition coefficient (Wildman–Crippen LogP) is 3.40. The van der Waals surface area contributed by atoms with Crippen LogP contribution in [0.1, 0.15) is 0 Å². The molecule has 1 N–H and O–H groups in total. The van der Waals surface area contributed by atoms with Crippen LogP contribution in [0.25, 0.3) is 21.8 Å². The number of carbonyl (C=O) groups is 1. The normalized spacial score (nSPS) is 12.0. The molecule has 0 atom stereocenters. The molecule has 0 aliphatic carbocycles. The highest BCUT2D eigenvalue weighted by molar-refractivity contribution is 7.13. The molecule has 0 saturated heterocycles. The second kappa shape index (κ2) is 8.04. The number of amides is 1. The minimum absolute atomic E-state index is 0.156. The van der Waals surface area contributed by atoms with E-state index in [1.807, 2.05) is 35.7 Å². The molecule has 0 saturated carbocycles. The van der Waals surface area contributed by atoms with Crippen LogP contribution in [0.15, 0.2) is 71.2 Å². The summed E-state index contributed by atoms with van der Waals surface area (Å²) in [4.78, 5) is 34.1. The standard InChI is InChI=1S/C22H16N4O4S/c27-20(24-15-6-7-18-19(8-15)30-13-29-18)10-26-12-23-9-16(22(26)28)21-25-17(11-31-21)14-4-2-1-3-5-14/h1-9,11-12H,10,13H2,(H,24,27). The van der Waals surface area contributed by atoms with E-state index in [1.54, 1.807) is 18.2 Å². The number of rotatable bonds is 5. The maximum Gasteiger partial charge on any atom is 0.264 e. The first-order valence-corrected chi connectivity index (χ1v) is 10.3. The number of hydrogen-bond donors (Lipinski definition) is 1. The number of ether oxygens (including phenoxy) is 2.